The minimum atomic E-state index is -1.26. The zero-order valence-corrected chi connectivity index (χ0v) is 13.4. The molecule has 2 N–H and O–H groups in total. The maximum absolute atomic E-state index is 11.4. The van der Waals surface area contributed by atoms with Crippen LogP contribution < -0.4 is 0 Å². The molecule has 0 saturated carbocycles. The van der Waals surface area contributed by atoms with Crippen LogP contribution in [0.3, 0.4) is 0 Å². The molecule has 1 aromatic rings. The van der Waals surface area contributed by atoms with E-state index in [9.17, 15) is 15.0 Å². The number of aromatic nitrogens is 1. The summed E-state index contributed by atoms with van der Waals surface area (Å²) in [6.07, 6.45) is 1.85. The van der Waals surface area contributed by atoms with E-state index in [-0.39, 0.29) is 16.3 Å². The van der Waals surface area contributed by atoms with E-state index >= 15 is 0 Å². The van der Waals surface area contributed by atoms with Crippen LogP contribution in [-0.4, -0.2) is 33.4 Å². The van der Waals surface area contributed by atoms with E-state index < -0.39 is 11.7 Å². The van der Waals surface area contributed by atoms with Crippen molar-refractivity contribution in [1.29, 1.82) is 0 Å². The van der Waals surface area contributed by atoms with Crippen LogP contribution in [0.25, 0.3) is 5.76 Å². The molecule has 5 nitrogen and oxygen atoms in total. The first-order valence-electron chi connectivity index (χ1n) is 5.93. The molecule has 1 rings (SSSR count). The number of aliphatic hydroxyl groups excluding tert-OH is 1. The molecule has 0 atom stereocenters. The van der Waals surface area contributed by atoms with Gasteiger partial charge in [0.05, 0.1) is 11.3 Å². The molecule has 108 valence electrons. The summed E-state index contributed by atoms with van der Waals surface area (Å²) in [5, 5.41) is 19.6. The molecule has 0 amide bonds. The molecule has 0 aliphatic carbocycles. The number of aliphatic carboxylic acids is 1. The van der Waals surface area contributed by atoms with Gasteiger partial charge in [0, 0.05) is 17.2 Å². The van der Waals surface area contributed by atoms with Crippen LogP contribution in [0.2, 0.25) is 5.15 Å². The number of halogens is 2. The van der Waals surface area contributed by atoms with Crippen molar-refractivity contribution < 1.29 is 15.0 Å². The third-order valence-corrected chi connectivity index (χ3v) is 3.22. The number of carboxylic acids is 1. The second kappa shape index (κ2) is 7.40. The molecule has 0 saturated heterocycles. The van der Waals surface area contributed by atoms with Gasteiger partial charge >= 0.3 is 5.97 Å². The van der Waals surface area contributed by atoms with Crippen molar-refractivity contribution in [3.05, 3.63) is 33.0 Å². The number of aliphatic imine (C=N–C) groups is 1. The summed E-state index contributed by atoms with van der Waals surface area (Å²) >= 11 is 9.11. The third-order valence-electron chi connectivity index (χ3n) is 2.48. The van der Waals surface area contributed by atoms with Gasteiger partial charge in [0.25, 0.3) is 0 Å². The minimum Gasteiger partial charge on any atom is -0.506 e. The molecule has 0 bridgehead atoms. The Bertz CT molecular complexity index is 585. The van der Waals surface area contributed by atoms with Crippen LogP contribution in [0.15, 0.2) is 27.3 Å². The van der Waals surface area contributed by atoms with E-state index in [1.165, 1.54) is 12.3 Å². The first-order valence-corrected chi connectivity index (χ1v) is 7.11. The van der Waals surface area contributed by atoms with E-state index in [4.69, 9.17) is 11.6 Å². The quantitative estimate of drug-likeness (QED) is 0.362. The number of nitrogens with zero attached hydrogens (tertiary/aromatic N) is 2. The average molecular weight is 362 g/mol. The number of hydrogen-bond donors (Lipinski definition) is 2. The van der Waals surface area contributed by atoms with Crippen molar-refractivity contribution in [2.75, 3.05) is 6.54 Å². The molecule has 0 radical (unpaired) electrons. The molecular weight excluding hydrogens is 348 g/mol. The van der Waals surface area contributed by atoms with Crippen molar-refractivity contribution in [1.82, 2.24) is 4.98 Å². The molecule has 0 aliphatic rings. The SMILES string of the molecule is CCN=C(CC)C(C(=O)O)=C(O)c1cc(Br)cnc1Cl. The summed E-state index contributed by atoms with van der Waals surface area (Å²) in [5.74, 6) is -1.70. The molecule has 0 fully saturated rings. The van der Waals surface area contributed by atoms with Crippen LogP contribution in [0.4, 0.5) is 0 Å². The van der Waals surface area contributed by atoms with Crippen molar-refractivity contribution in [2.24, 2.45) is 4.99 Å². The van der Waals surface area contributed by atoms with E-state index in [1.54, 1.807) is 13.8 Å². The monoisotopic (exact) mass is 360 g/mol. The Hall–Kier alpha value is -1.40. The largest absolute Gasteiger partial charge is 0.506 e. The van der Waals surface area contributed by atoms with E-state index in [0.717, 1.165) is 0 Å². The summed E-state index contributed by atoms with van der Waals surface area (Å²) < 4.78 is 0.582. The fraction of sp³-hybridized carbons (Fsp3) is 0.308. The first-order chi connectivity index (χ1) is 9.42. The van der Waals surface area contributed by atoms with E-state index in [2.05, 4.69) is 25.9 Å². The number of rotatable bonds is 5. The lowest BCUT2D eigenvalue weighted by Gasteiger charge is -2.10. The third kappa shape index (κ3) is 3.80. The minimum absolute atomic E-state index is 0.0244. The van der Waals surface area contributed by atoms with Gasteiger partial charge in [-0.2, -0.15) is 0 Å². The summed E-state index contributed by atoms with van der Waals surface area (Å²) in [5.41, 5.74) is 0.209. The lowest BCUT2D eigenvalue weighted by Crippen LogP contribution is -2.15. The number of carbonyl (C=O) groups is 1. The van der Waals surface area contributed by atoms with Crippen LogP contribution >= 0.6 is 27.5 Å². The molecule has 0 spiro atoms. The Morgan fingerprint density at radius 2 is 2.10 bits per heavy atom. The van der Waals surface area contributed by atoms with Gasteiger partial charge in [-0.05, 0) is 35.3 Å². The highest BCUT2D eigenvalue weighted by atomic mass is 79.9. The number of carboxylic acid groups (broad SMARTS) is 1. The smallest absolute Gasteiger partial charge is 0.341 e. The first kappa shape index (κ1) is 16.7. The van der Waals surface area contributed by atoms with E-state index in [1.807, 2.05) is 0 Å². The summed E-state index contributed by atoms with van der Waals surface area (Å²) in [6, 6.07) is 1.51. The predicted octanol–water partition coefficient (Wildman–Crippen LogP) is 3.72. The Morgan fingerprint density at radius 1 is 1.45 bits per heavy atom. The van der Waals surface area contributed by atoms with Gasteiger partial charge in [0.2, 0.25) is 0 Å². The lowest BCUT2D eigenvalue weighted by molar-refractivity contribution is -0.132. The van der Waals surface area contributed by atoms with Gasteiger partial charge in [-0.15, -0.1) is 0 Å². The molecule has 7 heteroatoms. The van der Waals surface area contributed by atoms with Crippen molar-refractivity contribution in [3.8, 4) is 0 Å². The van der Waals surface area contributed by atoms with Crippen LogP contribution in [0, 0.1) is 0 Å². The van der Waals surface area contributed by atoms with Crippen LogP contribution in [0.1, 0.15) is 25.8 Å². The number of pyridine rings is 1. The molecule has 1 aromatic heterocycles. The summed E-state index contributed by atoms with van der Waals surface area (Å²) in [4.78, 5) is 19.4. The second-order valence-electron chi connectivity index (χ2n) is 3.80. The highest BCUT2D eigenvalue weighted by Gasteiger charge is 2.22. The molecule has 0 aliphatic heterocycles. The van der Waals surface area contributed by atoms with Gasteiger partial charge in [0.1, 0.15) is 16.5 Å². The van der Waals surface area contributed by atoms with Crippen molar-refractivity contribution in [3.63, 3.8) is 0 Å². The van der Waals surface area contributed by atoms with Gasteiger partial charge in [-0.1, -0.05) is 18.5 Å². The molecule has 0 aromatic carbocycles. The fourth-order valence-electron chi connectivity index (χ4n) is 1.64. The zero-order chi connectivity index (χ0) is 15.3. The average Bonchev–Trinajstić information content (AvgIpc) is 2.40. The number of aliphatic hydroxyl groups is 1. The molecule has 1 heterocycles. The van der Waals surface area contributed by atoms with Gasteiger partial charge in [-0.3, -0.25) is 4.99 Å². The second-order valence-corrected chi connectivity index (χ2v) is 5.07. The Labute approximate surface area is 130 Å². The Morgan fingerprint density at radius 3 is 2.60 bits per heavy atom. The summed E-state index contributed by atoms with van der Waals surface area (Å²) in [6.45, 7) is 3.99. The normalized spacial score (nSPS) is 13.1. The van der Waals surface area contributed by atoms with Crippen LogP contribution in [-0.2, 0) is 4.79 Å². The standard InChI is InChI=1S/C13H14BrClN2O3/c1-3-9(16-4-2)10(13(19)20)11(18)8-5-7(14)6-17-12(8)15/h5-6,18H,3-4H2,1-2H3,(H,19,20). The Balaban J connectivity index is 3.54. The zero-order valence-electron chi connectivity index (χ0n) is 11.0. The van der Waals surface area contributed by atoms with Gasteiger partial charge in [0.15, 0.2) is 0 Å². The van der Waals surface area contributed by atoms with Crippen molar-refractivity contribution >= 4 is 45.0 Å². The summed E-state index contributed by atoms with van der Waals surface area (Å²) in [7, 11) is 0. The predicted molar refractivity (Wildman–Crippen MR) is 82.4 cm³/mol. The Kier molecular flexibility index (Phi) is 6.16. The van der Waals surface area contributed by atoms with Gasteiger partial charge in [-0.25, -0.2) is 9.78 Å². The van der Waals surface area contributed by atoms with E-state index in [0.29, 0.717) is 23.1 Å². The van der Waals surface area contributed by atoms with Gasteiger partial charge < -0.3 is 10.2 Å². The molecular formula is C13H14BrClN2O3. The molecule has 20 heavy (non-hydrogen) atoms. The fourth-order valence-corrected chi connectivity index (χ4v) is 2.17. The molecule has 0 unspecified atom stereocenters. The maximum Gasteiger partial charge on any atom is 0.341 e. The highest BCUT2D eigenvalue weighted by Crippen LogP contribution is 2.27. The maximum atomic E-state index is 11.4. The highest BCUT2D eigenvalue weighted by molar-refractivity contribution is 9.10. The lowest BCUT2D eigenvalue weighted by atomic mass is 10.0. The van der Waals surface area contributed by atoms with Crippen LogP contribution in [0.5, 0.6) is 0 Å². The van der Waals surface area contributed by atoms with Crippen molar-refractivity contribution in [2.45, 2.75) is 20.3 Å². The topological polar surface area (TPSA) is 82.8 Å². The number of hydrogen-bond acceptors (Lipinski definition) is 4.